The summed E-state index contributed by atoms with van der Waals surface area (Å²) in [5.41, 5.74) is 4.07. The van der Waals surface area contributed by atoms with E-state index in [-0.39, 0.29) is 24.4 Å². The van der Waals surface area contributed by atoms with Gasteiger partial charge in [0.25, 0.3) is 0 Å². The molecular weight excluding hydrogens is 362 g/mol. The van der Waals surface area contributed by atoms with Crippen molar-refractivity contribution in [3.05, 3.63) is 70.4 Å². The minimum absolute atomic E-state index is 0.00973. The van der Waals surface area contributed by atoms with E-state index in [2.05, 4.69) is 11.1 Å². The largest absolute Gasteiger partial charge is 0.356 e. The molecule has 5 nitrogen and oxygen atoms in total. The predicted octanol–water partition coefficient (Wildman–Crippen LogP) is 3.14. The summed E-state index contributed by atoms with van der Waals surface area (Å²) in [5.74, 6) is -0.0455. The van der Waals surface area contributed by atoms with Gasteiger partial charge in [-0.1, -0.05) is 41.9 Å². The molecule has 2 unspecified atom stereocenters. The van der Waals surface area contributed by atoms with Crippen LogP contribution < -0.4 is 0 Å². The number of hydrogen-bond acceptors (Lipinski definition) is 2. The lowest BCUT2D eigenvalue weighted by molar-refractivity contribution is -0.157. The molecule has 1 aromatic heterocycles. The standard InChI is InChI=1S/C21H18ClN3O2/c1-24-11-18(26)25-17(21(24)27)10-15-14-4-2-3-5-16(14)23-19(15)20(25)12-6-8-13(22)9-7-12/h2-9,17,20,23H,10-11H2,1H3. The number of nitrogens with zero attached hydrogens (tertiary/aromatic N) is 2. The highest BCUT2D eigenvalue weighted by molar-refractivity contribution is 6.30. The highest BCUT2D eigenvalue weighted by Crippen LogP contribution is 2.42. The van der Waals surface area contributed by atoms with E-state index in [0.29, 0.717) is 11.4 Å². The van der Waals surface area contributed by atoms with Crippen molar-refractivity contribution in [2.75, 3.05) is 13.6 Å². The van der Waals surface area contributed by atoms with E-state index < -0.39 is 6.04 Å². The summed E-state index contributed by atoms with van der Waals surface area (Å²) in [6.07, 6.45) is 0.526. The lowest BCUT2D eigenvalue weighted by Gasteiger charge is -2.46. The first-order valence-electron chi connectivity index (χ1n) is 8.95. The van der Waals surface area contributed by atoms with Gasteiger partial charge in [-0.3, -0.25) is 9.59 Å². The van der Waals surface area contributed by atoms with E-state index in [1.165, 1.54) is 4.90 Å². The first kappa shape index (κ1) is 16.4. The van der Waals surface area contributed by atoms with Gasteiger partial charge in [0.15, 0.2) is 0 Å². The average Bonchev–Trinajstić information content (AvgIpc) is 3.04. The Kier molecular flexibility index (Phi) is 3.56. The molecule has 0 saturated carbocycles. The maximum atomic E-state index is 13.0. The number of halogens is 1. The van der Waals surface area contributed by atoms with Crippen molar-refractivity contribution in [2.24, 2.45) is 0 Å². The summed E-state index contributed by atoms with van der Waals surface area (Å²) >= 11 is 6.07. The number of carbonyl (C=O) groups is 2. The Morgan fingerprint density at radius 3 is 2.59 bits per heavy atom. The molecule has 3 heterocycles. The Labute approximate surface area is 161 Å². The quantitative estimate of drug-likeness (QED) is 0.706. The topological polar surface area (TPSA) is 56.4 Å². The zero-order valence-electron chi connectivity index (χ0n) is 14.8. The van der Waals surface area contributed by atoms with Crippen molar-refractivity contribution in [3.8, 4) is 0 Å². The van der Waals surface area contributed by atoms with Crippen LogP contribution in [0.1, 0.15) is 22.9 Å². The lowest BCUT2D eigenvalue weighted by atomic mass is 9.86. The lowest BCUT2D eigenvalue weighted by Crippen LogP contribution is -2.62. The maximum absolute atomic E-state index is 13.0. The van der Waals surface area contributed by atoms with Crippen LogP contribution >= 0.6 is 11.6 Å². The van der Waals surface area contributed by atoms with Gasteiger partial charge in [-0.2, -0.15) is 0 Å². The van der Waals surface area contributed by atoms with E-state index in [1.54, 1.807) is 11.9 Å². The van der Waals surface area contributed by atoms with Crippen LogP contribution in [0, 0.1) is 0 Å². The van der Waals surface area contributed by atoms with Gasteiger partial charge in [-0.05, 0) is 29.3 Å². The van der Waals surface area contributed by atoms with E-state index in [0.717, 1.165) is 27.7 Å². The summed E-state index contributed by atoms with van der Waals surface area (Å²) in [6, 6.07) is 14.8. The number of aromatic nitrogens is 1. The van der Waals surface area contributed by atoms with Gasteiger partial charge in [0, 0.05) is 35.1 Å². The molecule has 6 heteroatoms. The van der Waals surface area contributed by atoms with Crippen LogP contribution in [0.3, 0.4) is 0 Å². The van der Waals surface area contributed by atoms with Gasteiger partial charge in [0.2, 0.25) is 11.8 Å². The number of benzene rings is 2. The molecule has 3 aromatic rings. The molecule has 2 atom stereocenters. The van der Waals surface area contributed by atoms with E-state index in [4.69, 9.17) is 11.6 Å². The molecule has 0 spiro atoms. The third kappa shape index (κ3) is 2.38. The highest BCUT2D eigenvalue weighted by Gasteiger charge is 2.47. The van der Waals surface area contributed by atoms with Crippen molar-refractivity contribution in [1.82, 2.24) is 14.8 Å². The zero-order chi connectivity index (χ0) is 18.7. The van der Waals surface area contributed by atoms with E-state index in [9.17, 15) is 9.59 Å². The molecule has 27 heavy (non-hydrogen) atoms. The number of aromatic amines is 1. The van der Waals surface area contributed by atoms with Gasteiger partial charge in [0.05, 0.1) is 12.6 Å². The monoisotopic (exact) mass is 379 g/mol. The molecule has 5 rings (SSSR count). The van der Waals surface area contributed by atoms with Crippen molar-refractivity contribution < 1.29 is 9.59 Å². The van der Waals surface area contributed by atoms with Crippen LogP contribution in [-0.2, 0) is 16.0 Å². The van der Waals surface area contributed by atoms with Gasteiger partial charge < -0.3 is 14.8 Å². The number of fused-ring (bicyclic) bond motifs is 4. The molecule has 2 aromatic carbocycles. The number of piperazine rings is 1. The molecule has 2 amide bonds. The van der Waals surface area contributed by atoms with E-state index >= 15 is 0 Å². The fourth-order valence-electron chi connectivity index (χ4n) is 4.40. The molecule has 2 aliphatic heterocycles. The number of para-hydroxylation sites is 1. The number of nitrogens with one attached hydrogen (secondary N) is 1. The second-order valence-electron chi connectivity index (χ2n) is 7.23. The van der Waals surface area contributed by atoms with Crippen LogP contribution in [0.4, 0.5) is 0 Å². The molecular formula is C21H18ClN3O2. The third-order valence-electron chi connectivity index (χ3n) is 5.64. The summed E-state index contributed by atoms with van der Waals surface area (Å²) in [6.45, 7) is 0.106. The van der Waals surface area contributed by atoms with Crippen molar-refractivity contribution in [3.63, 3.8) is 0 Å². The van der Waals surface area contributed by atoms with Crippen molar-refractivity contribution >= 4 is 34.3 Å². The number of likely N-dealkylation sites (N-methyl/N-ethyl adjacent to an activating group) is 1. The molecule has 1 N–H and O–H groups in total. The Morgan fingerprint density at radius 2 is 1.81 bits per heavy atom. The Morgan fingerprint density at radius 1 is 1.07 bits per heavy atom. The van der Waals surface area contributed by atoms with Gasteiger partial charge in [-0.25, -0.2) is 0 Å². The predicted molar refractivity (Wildman–Crippen MR) is 104 cm³/mol. The first-order valence-corrected chi connectivity index (χ1v) is 9.33. The van der Waals surface area contributed by atoms with Gasteiger partial charge in [-0.15, -0.1) is 0 Å². The van der Waals surface area contributed by atoms with E-state index in [1.807, 2.05) is 42.5 Å². The second kappa shape index (κ2) is 5.86. The highest BCUT2D eigenvalue weighted by atomic mass is 35.5. The maximum Gasteiger partial charge on any atom is 0.245 e. The minimum atomic E-state index is -0.483. The van der Waals surface area contributed by atoms with Crippen LogP contribution in [-0.4, -0.2) is 46.2 Å². The Bertz CT molecular complexity index is 1070. The molecule has 1 fully saturated rings. The number of H-pyrrole nitrogens is 1. The van der Waals surface area contributed by atoms with Crippen molar-refractivity contribution in [1.29, 1.82) is 0 Å². The van der Waals surface area contributed by atoms with Gasteiger partial charge in [0.1, 0.15) is 6.04 Å². The summed E-state index contributed by atoms with van der Waals surface area (Å²) in [5, 5.41) is 1.75. The zero-order valence-corrected chi connectivity index (χ0v) is 15.5. The molecule has 0 radical (unpaired) electrons. The third-order valence-corrected chi connectivity index (χ3v) is 5.89. The van der Waals surface area contributed by atoms with Crippen LogP contribution in [0.15, 0.2) is 48.5 Å². The number of carbonyl (C=O) groups excluding carboxylic acids is 2. The first-order chi connectivity index (χ1) is 13.0. The molecule has 2 aliphatic rings. The molecule has 1 saturated heterocycles. The fourth-order valence-corrected chi connectivity index (χ4v) is 4.52. The summed E-state index contributed by atoms with van der Waals surface area (Å²) < 4.78 is 0. The van der Waals surface area contributed by atoms with Crippen LogP contribution in [0.5, 0.6) is 0 Å². The molecule has 136 valence electrons. The summed E-state index contributed by atoms with van der Waals surface area (Å²) in [4.78, 5) is 32.6. The Balaban J connectivity index is 1.76. The van der Waals surface area contributed by atoms with Crippen LogP contribution in [0.25, 0.3) is 10.9 Å². The molecule has 0 aliphatic carbocycles. The van der Waals surface area contributed by atoms with Crippen LogP contribution in [0.2, 0.25) is 5.02 Å². The Hall–Kier alpha value is -2.79. The SMILES string of the molecule is CN1CC(=O)N2C(Cc3c([nH]c4ccccc34)C2c2ccc(Cl)cc2)C1=O. The number of hydrogen-bond donors (Lipinski definition) is 1. The second-order valence-corrected chi connectivity index (χ2v) is 7.67. The number of amides is 2. The number of rotatable bonds is 1. The van der Waals surface area contributed by atoms with Gasteiger partial charge >= 0.3 is 0 Å². The van der Waals surface area contributed by atoms with Crippen molar-refractivity contribution in [2.45, 2.75) is 18.5 Å². The minimum Gasteiger partial charge on any atom is -0.356 e. The fraction of sp³-hybridized carbons (Fsp3) is 0.238. The smallest absolute Gasteiger partial charge is 0.245 e. The molecule has 0 bridgehead atoms. The summed E-state index contributed by atoms with van der Waals surface area (Å²) in [7, 11) is 1.69. The average molecular weight is 380 g/mol. The normalized spacial score (nSPS) is 22.1.